The third-order valence-electron chi connectivity index (χ3n) is 4.18. The summed E-state index contributed by atoms with van der Waals surface area (Å²) in [4.78, 5) is 12.5. The highest BCUT2D eigenvalue weighted by molar-refractivity contribution is 6.04. The van der Waals surface area contributed by atoms with Gasteiger partial charge < -0.3 is 10.1 Å². The van der Waals surface area contributed by atoms with Crippen LogP contribution in [0.5, 0.6) is 5.75 Å². The summed E-state index contributed by atoms with van der Waals surface area (Å²) in [7, 11) is 0. The number of ether oxygens (including phenoxy) is 1. The molecular formula is C23H20N2O2. The molecule has 3 aromatic carbocycles. The van der Waals surface area contributed by atoms with Gasteiger partial charge in [0.05, 0.1) is 6.61 Å². The lowest BCUT2D eigenvalue weighted by molar-refractivity contribution is -0.117. The molecule has 3 rings (SSSR count). The van der Waals surface area contributed by atoms with Crippen LogP contribution in [0.4, 0.5) is 0 Å². The zero-order chi connectivity index (χ0) is 19.1. The molecule has 0 fully saturated rings. The van der Waals surface area contributed by atoms with E-state index in [1.54, 1.807) is 6.08 Å². The fourth-order valence-corrected chi connectivity index (χ4v) is 2.87. The van der Waals surface area contributed by atoms with Gasteiger partial charge in [-0.1, -0.05) is 60.7 Å². The van der Waals surface area contributed by atoms with Gasteiger partial charge >= 0.3 is 0 Å². The largest absolute Gasteiger partial charge is 0.493 e. The van der Waals surface area contributed by atoms with Crippen LogP contribution in [0.2, 0.25) is 0 Å². The van der Waals surface area contributed by atoms with Gasteiger partial charge in [0.2, 0.25) is 0 Å². The third-order valence-corrected chi connectivity index (χ3v) is 4.18. The number of carbonyl (C=O) groups is 1. The fourth-order valence-electron chi connectivity index (χ4n) is 2.87. The molecule has 3 aromatic rings. The molecule has 1 amide bonds. The molecule has 27 heavy (non-hydrogen) atoms. The molecule has 0 bridgehead atoms. The topological polar surface area (TPSA) is 62.1 Å². The van der Waals surface area contributed by atoms with Crippen molar-refractivity contribution in [3.8, 4) is 11.8 Å². The van der Waals surface area contributed by atoms with Crippen LogP contribution in [0.15, 0.2) is 72.3 Å². The lowest BCUT2D eigenvalue weighted by atomic mass is 10.0. The number of hydrogen-bond donors (Lipinski definition) is 1. The molecule has 0 aliphatic rings. The molecule has 0 heterocycles. The summed E-state index contributed by atoms with van der Waals surface area (Å²) < 4.78 is 5.71. The Morgan fingerprint density at radius 1 is 1.07 bits per heavy atom. The molecule has 0 aliphatic carbocycles. The Balaban J connectivity index is 1.94. The molecule has 0 unspecified atom stereocenters. The van der Waals surface area contributed by atoms with E-state index in [9.17, 15) is 10.1 Å². The Hall–Kier alpha value is -3.58. The van der Waals surface area contributed by atoms with E-state index in [1.165, 1.54) is 0 Å². The number of fused-ring (bicyclic) bond motifs is 1. The van der Waals surface area contributed by atoms with Gasteiger partial charge in [-0.2, -0.15) is 5.26 Å². The maximum Gasteiger partial charge on any atom is 0.262 e. The molecule has 0 spiro atoms. The molecule has 0 radical (unpaired) electrons. The number of hydrogen-bond acceptors (Lipinski definition) is 3. The molecule has 0 aliphatic heterocycles. The van der Waals surface area contributed by atoms with Gasteiger partial charge in [0.25, 0.3) is 5.91 Å². The Morgan fingerprint density at radius 3 is 2.56 bits per heavy atom. The van der Waals surface area contributed by atoms with E-state index in [0.29, 0.717) is 18.9 Å². The first-order chi connectivity index (χ1) is 13.2. The van der Waals surface area contributed by atoms with E-state index >= 15 is 0 Å². The van der Waals surface area contributed by atoms with E-state index in [-0.39, 0.29) is 5.57 Å². The van der Waals surface area contributed by atoms with Crippen molar-refractivity contribution >= 4 is 22.8 Å². The molecule has 0 atom stereocenters. The van der Waals surface area contributed by atoms with E-state index in [4.69, 9.17) is 4.74 Å². The van der Waals surface area contributed by atoms with Gasteiger partial charge in [-0.25, -0.2) is 0 Å². The van der Waals surface area contributed by atoms with E-state index in [1.807, 2.05) is 79.7 Å². The first-order valence-electron chi connectivity index (χ1n) is 8.81. The smallest absolute Gasteiger partial charge is 0.262 e. The lowest BCUT2D eigenvalue weighted by Crippen LogP contribution is -2.23. The minimum Gasteiger partial charge on any atom is -0.493 e. The third kappa shape index (κ3) is 4.34. The van der Waals surface area contributed by atoms with Gasteiger partial charge in [0.1, 0.15) is 17.4 Å². The van der Waals surface area contributed by atoms with Crippen LogP contribution in [0.3, 0.4) is 0 Å². The molecule has 0 saturated carbocycles. The molecule has 0 aromatic heterocycles. The maximum absolute atomic E-state index is 12.5. The summed E-state index contributed by atoms with van der Waals surface area (Å²) >= 11 is 0. The molecule has 1 N–H and O–H groups in total. The van der Waals surface area contributed by atoms with Crippen LogP contribution in [-0.4, -0.2) is 12.5 Å². The first-order valence-corrected chi connectivity index (χ1v) is 8.81. The van der Waals surface area contributed by atoms with E-state index in [2.05, 4.69) is 5.32 Å². The Bertz CT molecular complexity index is 1020. The van der Waals surface area contributed by atoms with Crippen molar-refractivity contribution in [2.75, 3.05) is 6.61 Å². The average molecular weight is 356 g/mol. The predicted octanol–water partition coefficient (Wildman–Crippen LogP) is 4.46. The fraction of sp³-hybridized carbons (Fsp3) is 0.130. The number of nitrogens with zero attached hydrogens (tertiary/aromatic N) is 1. The zero-order valence-electron chi connectivity index (χ0n) is 15.1. The number of carbonyl (C=O) groups excluding carboxylic acids is 1. The van der Waals surface area contributed by atoms with Crippen LogP contribution in [0, 0.1) is 11.3 Å². The number of nitrogens with one attached hydrogen (secondary N) is 1. The average Bonchev–Trinajstić information content (AvgIpc) is 2.72. The van der Waals surface area contributed by atoms with E-state index < -0.39 is 5.91 Å². The highest BCUT2D eigenvalue weighted by Crippen LogP contribution is 2.30. The highest BCUT2D eigenvalue weighted by atomic mass is 16.5. The van der Waals surface area contributed by atoms with Crippen molar-refractivity contribution in [1.82, 2.24) is 5.32 Å². The van der Waals surface area contributed by atoms with Gasteiger partial charge in [0, 0.05) is 12.1 Å². The van der Waals surface area contributed by atoms with Crippen molar-refractivity contribution < 1.29 is 9.53 Å². The van der Waals surface area contributed by atoms with Crippen LogP contribution >= 0.6 is 0 Å². The van der Waals surface area contributed by atoms with Crippen molar-refractivity contribution in [2.24, 2.45) is 0 Å². The summed E-state index contributed by atoms with van der Waals surface area (Å²) in [5.74, 6) is 0.247. The van der Waals surface area contributed by atoms with Gasteiger partial charge in [0.15, 0.2) is 0 Å². The number of amides is 1. The van der Waals surface area contributed by atoms with Gasteiger partial charge in [-0.05, 0) is 35.4 Å². The normalized spacial score (nSPS) is 11.0. The molecule has 134 valence electrons. The maximum atomic E-state index is 12.5. The van der Waals surface area contributed by atoms with Crippen molar-refractivity contribution in [3.63, 3.8) is 0 Å². The first kappa shape index (κ1) is 18.2. The second-order valence-corrected chi connectivity index (χ2v) is 5.97. The van der Waals surface area contributed by atoms with Gasteiger partial charge in [-0.3, -0.25) is 4.79 Å². The number of benzene rings is 3. The Labute approximate surface area is 158 Å². The minimum atomic E-state index is -0.406. The van der Waals surface area contributed by atoms with Crippen molar-refractivity contribution in [2.45, 2.75) is 13.5 Å². The van der Waals surface area contributed by atoms with Crippen LogP contribution in [0.25, 0.3) is 16.8 Å². The quantitative estimate of drug-likeness (QED) is 0.524. The van der Waals surface area contributed by atoms with Crippen molar-refractivity contribution in [3.05, 3.63) is 83.4 Å². The van der Waals surface area contributed by atoms with Crippen LogP contribution < -0.4 is 10.1 Å². The summed E-state index contributed by atoms with van der Waals surface area (Å²) in [6, 6.07) is 23.3. The highest BCUT2D eigenvalue weighted by Gasteiger charge is 2.13. The Morgan fingerprint density at radius 2 is 1.81 bits per heavy atom. The summed E-state index contributed by atoms with van der Waals surface area (Å²) in [5.41, 5.74) is 1.76. The minimum absolute atomic E-state index is 0.0447. The van der Waals surface area contributed by atoms with Crippen LogP contribution in [-0.2, 0) is 11.3 Å². The molecule has 4 heteroatoms. The molecular weight excluding hydrogens is 336 g/mol. The molecule has 0 saturated heterocycles. The van der Waals surface area contributed by atoms with E-state index in [0.717, 1.165) is 21.9 Å². The predicted molar refractivity (Wildman–Crippen MR) is 107 cm³/mol. The summed E-state index contributed by atoms with van der Waals surface area (Å²) in [5, 5.41) is 14.3. The number of rotatable bonds is 6. The molecule has 4 nitrogen and oxygen atoms in total. The Kier molecular flexibility index (Phi) is 5.86. The summed E-state index contributed by atoms with van der Waals surface area (Å²) in [6.45, 7) is 2.77. The zero-order valence-corrected chi connectivity index (χ0v) is 15.1. The second-order valence-electron chi connectivity index (χ2n) is 5.97. The lowest BCUT2D eigenvalue weighted by Gasteiger charge is -2.11. The second kappa shape index (κ2) is 8.68. The summed E-state index contributed by atoms with van der Waals surface area (Å²) in [6.07, 6.45) is 1.60. The monoisotopic (exact) mass is 356 g/mol. The number of nitriles is 1. The standard InChI is InChI=1S/C23H20N2O2/c1-2-27-22-13-12-18-10-6-7-11-20(18)21(22)14-19(15-24)23(26)25-16-17-8-4-3-5-9-17/h3-14H,2,16H2,1H3,(H,25,26)/b19-14-. The van der Waals surface area contributed by atoms with Crippen molar-refractivity contribution in [1.29, 1.82) is 5.26 Å². The SMILES string of the molecule is CCOc1ccc2ccccc2c1/C=C(/C#N)C(=O)NCc1ccccc1. The van der Waals surface area contributed by atoms with Gasteiger partial charge in [-0.15, -0.1) is 0 Å². The van der Waals surface area contributed by atoms with Crippen LogP contribution in [0.1, 0.15) is 18.1 Å².